The standard InChI is InChI=1S/C26H38O2Si/c1-5-7-8-9-10-17-22-26(3,25(27)28-6-2)29(4,23-18-13-11-14-19-23)24-20-15-12-16-21-24/h11-16,18-21H,5-10,17,22H2,1-4H3. The van der Waals surface area contributed by atoms with Crippen LogP contribution in [0.4, 0.5) is 0 Å². The Kier molecular flexibility index (Phi) is 9.16. The summed E-state index contributed by atoms with van der Waals surface area (Å²) in [5.41, 5.74) is 0. The highest BCUT2D eigenvalue weighted by Crippen LogP contribution is 2.43. The minimum absolute atomic E-state index is 0.0320. The summed E-state index contributed by atoms with van der Waals surface area (Å²) >= 11 is 0. The van der Waals surface area contributed by atoms with E-state index >= 15 is 0 Å². The van der Waals surface area contributed by atoms with Crippen molar-refractivity contribution in [3.05, 3.63) is 60.7 Å². The van der Waals surface area contributed by atoms with Gasteiger partial charge in [0.25, 0.3) is 0 Å². The van der Waals surface area contributed by atoms with Gasteiger partial charge in [-0.2, -0.15) is 0 Å². The van der Waals surface area contributed by atoms with Crippen molar-refractivity contribution in [2.24, 2.45) is 0 Å². The molecule has 1 atom stereocenters. The molecule has 0 heterocycles. The van der Waals surface area contributed by atoms with Gasteiger partial charge in [-0.05, 0) is 13.3 Å². The second-order valence-corrected chi connectivity index (χ2v) is 12.9. The zero-order chi connectivity index (χ0) is 21.2. The van der Waals surface area contributed by atoms with Crippen molar-refractivity contribution in [3.8, 4) is 0 Å². The predicted octanol–water partition coefficient (Wildman–Crippen LogP) is 5.95. The molecule has 0 saturated carbocycles. The van der Waals surface area contributed by atoms with Gasteiger partial charge in [0.1, 0.15) is 8.07 Å². The lowest BCUT2D eigenvalue weighted by Crippen LogP contribution is -2.65. The zero-order valence-electron chi connectivity index (χ0n) is 18.7. The van der Waals surface area contributed by atoms with E-state index in [1.807, 2.05) is 6.92 Å². The van der Waals surface area contributed by atoms with E-state index in [9.17, 15) is 4.79 Å². The minimum atomic E-state index is -2.41. The Bertz CT molecular complexity index is 689. The Labute approximate surface area is 178 Å². The predicted molar refractivity (Wildman–Crippen MR) is 127 cm³/mol. The normalized spacial score (nSPS) is 13.7. The minimum Gasteiger partial charge on any atom is -0.466 e. The van der Waals surface area contributed by atoms with Gasteiger partial charge in [0.2, 0.25) is 0 Å². The maximum atomic E-state index is 13.4. The highest BCUT2D eigenvalue weighted by molar-refractivity contribution is 7.05. The van der Waals surface area contributed by atoms with E-state index in [-0.39, 0.29) is 5.97 Å². The molecule has 0 aliphatic heterocycles. The molecule has 2 aromatic rings. The van der Waals surface area contributed by atoms with Crippen LogP contribution in [0.3, 0.4) is 0 Å². The van der Waals surface area contributed by atoms with E-state index in [2.05, 4.69) is 81.1 Å². The van der Waals surface area contributed by atoms with Crippen molar-refractivity contribution >= 4 is 24.4 Å². The van der Waals surface area contributed by atoms with E-state index in [1.54, 1.807) is 0 Å². The summed E-state index contributed by atoms with van der Waals surface area (Å²) in [5.74, 6) is -0.0320. The number of unbranched alkanes of at least 4 members (excludes halogenated alkanes) is 5. The molecule has 0 radical (unpaired) electrons. The van der Waals surface area contributed by atoms with Crippen molar-refractivity contribution in [1.82, 2.24) is 0 Å². The number of hydrogen-bond acceptors (Lipinski definition) is 2. The number of rotatable bonds is 12. The number of carbonyl (C=O) groups excluding carboxylic acids is 1. The first-order valence-corrected chi connectivity index (χ1v) is 13.8. The van der Waals surface area contributed by atoms with Crippen LogP contribution in [0.5, 0.6) is 0 Å². The van der Waals surface area contributed by atoms with E-state index in [1.165, 1.54) is 42.5 Å². The fraction of sp³-hybridized carbons (Fsp3) is 0.500. The van der Waals surface area contributed by atoms with Crippen LogP contribution in [0.1, 0.15) is 65.7 Å². The van der Waals surface area contributed by atoms with Crippen molar-refractivity contribution in [2.45, 2.75) is 77.3 Å². The first kappa shape index (κ1) is 23.4. The summed E-state index contributed by atoms with van der Waals surface area (Å²) in [7, 11) is -2.41. The molecule has 0 saturated heterocycles. The van der Waals surface area contributed by atoms with E-state index in [0.29, 0.717) is 6.61 Å². The van der Waals surface area contributed by atoms with E-state index in [0.717, 1.165) is 12.8 Å². The number of ether oxygens (including phenoxy) is 1. The van der Waals surface area contributed by atoms with Crippen LogP contribution in [0.2, 0.25) is 11.6 Å². The highest BCUT2D eigenvalue weighted by Gasteiger charge is 2.54. The molecule has 158 valence electrons. The van der Waals surface area contributed by atoms with Crippen LogP contribution in [0, 0.1) is 0 Å². The van der Waals surface area contributed by atoms with Crippen molar-refractivity contribution in [2.75, 3.05) is 6.61 Å². The van der Waals surface area contributed by atoms with Gasteiger partial charge in [-0.25, -0.2) is 0 Å². The fourth-order valence-corrected chi connectivity index (χ4v) is 8.94. The second kappa shape index (κ2) is 11.3. The van der Waals surface area contributed by atoms with Gasteiger partial charge < -0.3 is 4.74 Å². The number of benzene rings is 2. The molecular weight excluding hydrogens is 372 g/mol. The van der Waals surface area contributed by atoms with E-state index in [4.69, 9.17) is 4.74 Å². The topological polar surface area (TPSA) is 26.3 Å². The summed E-state index contributed by atoms with van der Waals surface area (Å²) in [4.78, 5) is 13.4. The molecule has 0 spiro atoms. The Balaban J connectivity index is 2.43. The molecule has 2 rings (SSSR count). The third kappa shape index (κ3) is 5.39. The average molecular weight is 411 g/mol. The van der Waals surface area contributed by atoms with Crippen LogP contribution in [-0.4, -0.2) is 20.7 Å². The first-order valence-electron chi connectivity index (χ1n) is 11.3. The van der Waals surface area contributed by atoms with Gasteiger partial charge in [0.05, 0.1) is 11.6 Å². The van der Waals surface area contributed by atoms with Gasteiger partial charge >= 0.3 is 5.97 Å². The lowest BCUT2D eigenvalue weighted by Gasteiger charge is -2.44. The van der Waals surface area contributed by atoms with Crippen molar-refractivity contribution < 1.29 is 9.53 Å². The highest BCUT2D eigenvalue weighted by atomic mass is 28.3. The van der Waals surface area contributed by atoms with Crippen molar-refractivity contribution in [1.29, 1.82) is 0 Å². The smallest absolute Gasteiger partial charge is 0.309 e. The van der Waals surface area contributed by atoms with Gasteiger partial charge in [-0.15, -0.1) is 0 Å². The van der Waals surface area contributed by atoms with E-state index < -0.39 is 13.1 Å². The molecule has 29 heavy (non-hydrogen) atoms. The molecule has 1 unspecified atom stereocenters. The van der Waals surface area contributed by atoms with Crippen LogP contribution >= 0.6 is 0 Å². The van der Waals surface area contributed by atoms with Crippen LogP contribution in [-0.2, 0) is 9.53 Å². The maximum absolute atomic E-state index is 13.4. The number of hydrogen-bond donors (Lipinski definition) is 0. The summed E-state index contributed by atoms with van der Waals surface area (Å²) < 4.78 is 5.69. The fourth-order valence-electron chi connectivity index (χ4n) is 4.45. The molecule has 0 aliphatic rings. The molecular formula is C26H38O2Si. The van der Waals surface area contributed by atoms with Gasteiger partial charge in [0.15, 0.2) is 0 Å². The van der Waals surface area contributed by atoms with Crippen LogP contribution in [0.25, 0.3) is 0 Å². The summed E-state index contributed by atoms with van der Waals surface area (Å²) in [5, 5.41) is 2.09. The largest absolute Gasteiger partial charge is 0.466 e. The SMILES string of the molecule is CCCCCCCCC(C)(C(=O)OCC)[Si](C)(c1ccccc1)c1ccccc1. The molecule has 0 aliphatic carbocycles. The Morgan fingerprint density at radius 1 is 0.828 bits per heavy atom. The molecule has 0 fully saturated rings. The maximum Gasteiger partial charge on any atom is 0.309 e. The third-order valence-corrected chi connectivity index (χ3v) is 12.2. The average Bonchev–Trinajstić information content (AvgIpc) is 2.76. The molecule has 3 heteroatoms. The lowest BCUT2D eigenvalue weighted by molar-refractivity contribution is -0.146. The molecule has 2 nitrogen and oxygen atoms in total. The second-order valence-electron chi connectivity index (χ2n) is 8.43. The lowest BCUT2D eigenvalue weighted by atomic mass is 10.0. The molecule has 0 aromatic heterocycles. The van der Waals surface area contributed by atoms with Crippen LogP contribution < -0.4 is 10.4 Å². The van der Waals surface area contributed by atoms with Crippen molar-refractivity contribution in [3.63, 3.8) is 0 Å². The summed E-state index contributed by atoms with van der Waals surface area (Å²) in [6.45, 7) is 9.11. The third-order valence-electron chi connectivity index (χ3n) is 6.56. The van der Waals surface area contributed by atoms with Gasteiger partial charge in [-0.1, -0.05) is 130 Å². The summed E-state index contributed by atoms with van der Waals surface area (Å²) in [6.07, 6.45) is 8.23. The Morgan fingerprint density at radius 2 is 1.31 bits per heavy atom. The Hall–Kier alpha value is -1.87. The van der Waals surface area contributed by atoms with Gasteiger partial charge in [-0.3, -0.25) is 4.79 Å². The quantitative estimate of drug-likeness (QED) is 0.245. The van der Waals surface area contributed by atoms with Gasteiger partial charge in [0, 0.05) is 0 Å². The molecule has 0 amide bonds. The first-order chi connectivity index (χ1) is 14.0. The Morgan fingerprint density at radius 3 is 1.79 bits per heavy atom. The van der Waals surface area contributed by atoms with Crippen LogP contribution in [0.15, 0.2) is 60.7 Å². The number of carbonyl (C=O) groups is 1. The number of esters is 1. The summed E-state index contributed by atoms with van der Waals surface area (Å²) in [6, 6.07) is 21.3. The molecule has 2 aromatic carbocycles. The molecule has 0 N–H and O–H groups in total. The zero-order valence-corrected chi connectivity index (χ0v) is 19.7. The molecule has 0 bridgehead atoms. The monoisotopic (exact) mass is 410 g/mol.